The van der Waals surface area contributed by atoms with Gasteiger partial charge in [-0.05, 0) is 25.5 Å². The van der Waals surface area contributed by atoms with Crippen molar-refractivity contribution in [1.82, 2.24) is 5.01 Å². The fourth-order valence-electron chi connectivity index (χ4n) is 0.669. The average Bonchev–Trinajstić information content (AvgIpc) is 2.05. The van der Waals surface area contributed by atoms with E-state index in [1.54, 1.807) is 7.05 Å². The van der Waals surface area contributed by atoms with Gasteiger partial charge in [-0.15, -0.1) is 5.53 Å². The van der Waals surface area contributed by atoms with Gasteiger partial charge in [-0.3, -0.25) is 0 Å². The molecule has 0 spiro atoms. The van der Waals surface area contributed by atoms with Gasteiger partial charge in [-0.2, -0.15) is 4.91 Å². The van der Waals surface area contributed by atoms with E-state index in [2.05, 4.69) is 17.1 Å². The topological polar surface area (TPSA) is 61.2 Å². The van der Waals surface area contributed by atoms with Crippen LogP contribution in [-0.4, -0.2) is 30.8 Å². The molecule has 0 aliphatic rings. The van der Waals surface area contributed by atoms with Crippen LogP contribution >= 0.6 is 0 Å². The highest BCUT2D eigenvalue weighted by molar-refractivity contribution is 4.65. The smallest absolute Gasteiger partial charge is 0.111 e. The lowest BCUT2D eigenvalue weighted by Gasteiger charge is -2.23. The highest BCUT2D eigenvalue weighted by Crippen LogP contribution is 2.12. The second-order valence-electron chi connectivity index (χ2n) is 3.52. The molecule has 5 nitrogen and oxygen atoms in total. The van der Waals surface area contributed by atoms with Crippen LogP contribution in [0.1, 0.15) is 27.2 Å². The van der Waals surface area contributed by atoms with Crippen LogP contribution < -0.4 is 0 Å². The minimum absolute atomic E-state index is 0.0861. The van der Waals surface area contributed by atoms with Crippen LogP contribution in [0.2, 0.25) is 0 Å². The molecular formula is C8H18N4O. The number of rotatable bonds is 6. The molecule has 13 heavy (non-hydrogen) atoms. The third-order valence-corrected chi connectivity index (χ3v) is 1.95. The van der Waals surface area contributed by atoms with E-state index in [4.69, 9.17) is 10.3 Å². The van der Waals surface area contributed by atoms with Gasteiger partial charge in [-0.1, -0.05) is 6.92 Å². The van der Waals surface area contributed by atoms with Gasteiger partial charge in [0.05, 0.1) is 19.3 Å². The Morgan fingerprint density at radius 1 is 1.54 bits per heavy atom. The Morgan fingerprint density at radius 2 is 2.15 bits per heavy atom. The molecule has 0 aromatic heterocycles. The van der Waals surface area contributed by atoms with Crippen LogP contribution in [-0.2, 0) is 4.74 Å². The Labute approximate surface area is 79.3 Å². The van der Waals surface area contributed by atoms with E-state index in [0.29, 0.717) is 13.2 Å². The number of hydrogen-bond acceptors (Lipinski definition) is 2. The predicted octanol–water partition coefficient (Wildman–Crippen LogP) is 2.35. The molecule has 5 heteroatoms. The van der Waals surface area contributed by atoms with Crippen LogP contribution in [0, 0.1) is 0 Å². The largest absolute Gasteiger partial charge is 0.372 e. The van der Waals surface area contributed by atoms with Gasteiger partial charge in [0.15, 0.2) is 0 Å². The van der Waals surface area contributed by atoms with Gasteiger partial charge >= 0.3 is 0 Å². The number of hydrogen-bond donors (Lipinski definition) is 0. The van der Waals surface area contributed by atoms with E-state index >= 15 is 0 Å². The summed E-state index contributed by atoms with van der Waals surface area (Å²) in [5, 5.41) is 4.92. The zero-order valence-corrected chi connectivity index (χ0v) is 8.82. The highest BCUT2D eigenvalue weighted by atomic mass is 16.5. The first-order valence-electron chi connectivity index (χ1n) is 4.42. The number of nitrogens with zero attached hydrogens (tertiary/aromatic N) is 4. The van der Waals surface area contributed by atoms with Gasteiger partial charge in [0.25, 0.3) is 0 Å². The van der Waals surface area contributed by atoms with Crippen molar-refractivity contribution in [3.8, 4) is 0 Å². The molecule has 0 unspecified atom stereocenters. The highest BCUT2D eigenvalue weighted by Gasteiger charge is 2.15. The van der Waals surface area contributed by atoms with E-state index in [9.17, 15) is 0 Å². The van der Waals surface area contributed by atoms with Crippen LogP contribution in [0.3, 0.4) is 0 Å². The Bertz CT molecular complexity index is 187. The molecule has 0 N–H and O–H groups in total. The monoisotopic (exact) mass is 186 g/mol. The minimum Gasteiger partial charge on any atom is -0.372 e. The van der Waals surface area contributed by atoms with Gasteiger partial charge in [0, 0.05) is 0 Å². The molecule has 0 fully saturated rings. The zero-order valence-electron chi connectivity index (χ0n) is 8.82. The van der Waals surface area contributed by atoms with Gasteiger partial charge < -0.3 is 4.74 Å². The summed E-state index contributed by atoms with van der Waals surface area (Å²) >= 11 is 0. The summed E-state index contributed by atoms with van der Waals surface area (Å²) in [5.74, 6) is 0. The van der Waals surface area contributed by atoms with E-state index in [0.717, 1.165) is 6.42 Å². The molecule has 0 atom stereocenters. The summed E-state index contributed by atoms with van der Waals surface area (Å²) in [4.78, 5) is 2.67. The first-order chi connectivity index (χ1) is 6.02. The van der Waals surface area contributed by atoms with Crippen LogP contribution in [0.15, 0.2) is 5.22 Å². The molecule has 0 aliphatic heterocycles. The number of ether oxygens (including phenoxy) is 1. The lowest BCUT2D eigenvalue weighted by molar-refractivity contribution is -0.0267. The van der Waals surface area contributed by atoms with Crippen molar-refractivity contribution < 1.29 is 4.74 Å². The molecule has 0 saturated heterocycles. The maximum absolute atomic E-state index is 8.12. The summed E-state index contributed by atoms with van der Waals surface area (Å²) in [6.45, 7) is 7.36. The molecule has 0 rings (SSSR count). The van der Waals surface area contributed by atoms with Gasteiger partial charge in [0.1, 0.15) is 6.54 Å². The van der Waals surface area contributed by atoms with E-state index < -0.39 is 0 Å². The summed E-state index contributed by atoms with van der Waals surface area (Å²) in [6.07, 6.45) is 0.970. The van der Waals surface area contributed by atoms with Crippen molar-refractivity contribution in [3.05, 3.63) is 10.4 Å². The molecule has 0 aromatic carbocycles. The molecule has 0 aromatic rings. The summed E-state index contributed by atoms with van der Waals surface area (Å²) < 4.78 is 5.57. The van der Waals surface area contributed by atoms with Crippen LogP contribution in [0.25, 0.3) is 10.4 Å². The summed E-state index contributed by atoms with van der Waals surface area (Å²) in [7, 11) is 1.72. The van der Waals surface area contributed by atoms with Crippen LogP contribution in [0.5, 0.6) is 0 Å². The Kier molecular flexibility index (Phi) is 5.26. The van der Waals surface area contributed by atoms with Crippen LogP contribution in [0.4, 0.5) is 0 Å². The first-order valence-corrected chi connectivity index (χ1v) is 4.42. The van der Waals surface area contributed by atoms with Gasteiger partial charge in [0.2, 0.25) is 0 Å². The maximum atomic E-state index is 8.12. The molecule has 0 amide bonds. The molecule has 0 heterocycles. The Balaban J connectivity index is 3.61. The lowest BCUT2D eigenvalue weighted by atomic mass is 10.1. The zero-order chi connectivity index (χ0) is 10.3. The Morgan fingerprint density at radius 3 is 2.62 bits per heavy atom. The first kappa shape index (κ1) is 12.1. The number of likely N-dealkylation sites (N-methyl/N-ethyl adjacent to an activating group) is 1. The van der Waals surface area contributed by atoms with E-state index in [1.165, 1.54) is 5.01 Å². The fraction of sp³-hybridized carbons (Fsp3) is 1.00. The second kappa shape index (κ2) is 5.67. The molecule has 76 valence electrons. The van der Waals surface area contributed by atoms with Crippen molar-refractivity contribution in [2.24, 2.45) is 5.22 Å². The number of azide groups is 1. The summed E-state index contributed by atoms with van der Waals surface area (Å²) in [5.41, 5.74) is 8.03. The fourth-order valence-corrected chi connectivity index (χ4v) is 0.669. The second-order valence-corrected chi connectivity index (χ2v) is 3.52. The molecule has 0 bridgehead atoms. The third-order valence-electron chi connectivity index (χ3n) is 1.95. The van der Waals surface area contributed by atoms with Crippen molar-refractivity contribution in [1.29, 1.82) is 0 Å². The maximum Gasteiger partial charge on any atom is 0.111 e. The minimum atomic E-state index is -0.0861. The average molecular weight is 186 g/mol. The summed E-state index contributed by atoms with van der Waals surface area (Å²) in [6, 6.07) is 0. The molecule has 0 saturated carbocycles. The quantitative estimate of drug-likeness (QED) is 0.276. The normalized spacial score (nSPS) is 10.8. The SMILES string of the molecule is CCC(C)(C)OCCN(C)N=[N+]=[N-]. The van der Waals surface area contributed by atoms with Crippen molar-refractivity contribution in [3.63, 3.8) is 0 Å². The van der Waals surface area contributed by atoms with Gasteiger partial charge in [-0.25, -0.2) is 5.01 Å². The standard InChI is InChI=1S/C8H18N4O/c1-5-8(2,3)13-7-6-12(4)11-10-9/h5-7H2,1-4H3. The molecular weight excluding hydrogens is 168 g/mol. The predicted molar refractivity (Wildman–Crippen MR) is 52.1 cm³/mol. The van der Waals surface area contributed by atoms with Crippen molar-refractivity contribution in [2.75, 3.05) is 20.2 Å². The van der Waals surface area contributed by atoms with Crippen molar-refractivity contribution in [2.45, 2.75) is 32.8 Å². The van der Waals surface area contributed by atoms with E-state index in [-0.39, 0.29) is 5.60 Å². The Hall–Kier alpha value is -0.930. The molecule has 0 aliphatic carbocycles. The lowest BCUT2D eigenvalue weighted by Crippen LogP contribution is -2.27. The third kappa shape index (κ3) is 6.25. The molecule has 0 radical (unpaired) electrons. The van der Waals surface area contributed by atoms with Crippen molar-refractivity contribution >= 4 is 0 Å². The van der Waals surface area contributed by atoms with E-state index in [1.807, 2.05) is 13.8 Å².